The van der Waals surface area contributed by atoms with Gasteiger partial charge in [0.25, 0.3) is 0 Å². The summed E-state index contributed by atoms with van der Waals surface area (Å²) in [5.41, 5.74) is 8.13. The Bertz CT molecular complexity index is 1790. The molecular formula is C37H43N7Pt. The van der Waals surface area contributed by atoms with Crippen molar-refractivity contribution in [2.45, 2.75) is 66.2 Å². The molecule has 5 rings (SSSR count). The fourth-order valence-corrected chi connectivity index (χ4v) is 5.30. The first-order chi connectivity index (χ1) is 23.5. The van der Waals surface area contributed by atoms with Crippen LogP contribution in [-0.4, -0.2) is 23.9 Å². The van der Waals surface area contributed by atoms with Gasteiger partial charge in [0.15, 0.2) is 0 Å². The van der Waals surface area contributed by atoms with Crippen LogP contribution in [0.3, 0.4) is 0 Å². The van der Waals surface area contributed by atoms with Crippen LogP contribution in [-0.2, 0) is 21.1 Å². The van der Waals surface area contributed by atoms with Crippen molar-refractivity contribution in [1.29, 1.82) is 5.26 Å². The summed E-state index contributed by atoms with van der Waals surface area (Å²) in [5.74, 6) is 1.21. The normalized spacial score (nSPS) is 14.7. The van der Waals surface area contributed by atoms with Gasteiger partial charge in [0.1, 0.15) is 5.82 Å². The first kappa shape index (κ1) is 27.4. The van der Waals surface area contributed by atoms with Crippen LogP contribution in [0, 0.1) is 38.2 Å². The Kier molecular flexibility index (Phi) is 9.39. The summed E-state index contributed by atoms with van der Waals surface area (Å²) in [7, 11) is 0. The van der Waals surface area contributed by atoms with Gasteiger partial charge in [0, 0.05) is 32.0 Å². The summed E-state index contributed by atoms with van der Waals surface area (Å²) in [5, 5.41) is 9.47. The summed E-state index contributed by atoms with van der Waals surface area (Å²) in [6.45, 7) is 17.6. The van der Waals surface area contributed by atoms with Crippen molar-refractivity contribution in [3.8, 4) is 11.1 Å². The Balaban J connectivity index is 0.00000230. The van der Waals surface area contributed by atoms with E-state index in [9.17, 15) is 0 Å². The molecule has 0 bridgehead atoms. The zero-order chi connectivity index (χ0) is 37.1. The predicted octanol–water partition coefficient (Wildman–Crippen LogP) is 9.09. The van der Waals surface area contributed by atoms with Gasteiger partial charge in [-0.05, 0) is 85.1 Å². The average Bonchev–Trinajstić information content (AvgIpc) is 3.46. The first-order valence-corrected chi connectivity index (χ1v) is 14.6. The molecule has 2 aromatic carbocycles. The topological polar surface area (TPSA) is 71.3 Å². The van der Waals surface area contributed by atoms with E-state index in [4.69, 9.17) is 20.1 Å². The number of pyridine rings is 2. The monoisotopic (exact) mass is 786 g/mol. The number of aromatic nitrogens is 2. The fourth-order valence-electron chi connectivity index (χ4n) is 5.30. The van der Waals surface area contributed by atoms with Crippen LogP contribution in [0.2, 0.25) is 0 Å². The van der Waals surface area contributed by atoms with E-state index in [1.165, 1.54) is 39.8 Å². The number of nitrogens with one attached hydrogen (secondary N) is 1. The molecule has 1 aliphatic heterocycles. The molecule has 4 aromatic rings. The van der Waals surface area contributed by atoms with E-state index < -0.39 is 14.0 Å². The van der Waals surface area contributed by atoms with Crippen LogP contribution in [0.25, 0.3) is 11.1 Å². The molecule has 8 heteroatoms. The zero-order valence-corrected chi connectivity index (χ0v) is 28.9. The van der Waals surface area contributed by atoms with E-state index in [1.54, 1.807) is 48.5 Å². The minimum atomic E-state index is -2.50. The second kappa shape index (κ2) is 15.4. The number of hydrogen-bond acceptors (Lipinski definition) is 7. The summed E-state index contributed by atoms with van der Waals surface area (Å²) < 4.78 is 49.4. The minimum Gasteiger partial charge on any atom is -0.536 e. The van der Waals surface area contributed by atoms with Crippen molar-refractivity contribution in [3.63, 3.8) is 0 Å². The van der Waals surface area contributed by atoms with Gasteiger partial charge in [-0.15, -0.1) is 35.1 Å². The van der Waals surface area contributed by atoms with E-state index in [0.29, 0.717) is 40.2 Å². The van der Waals surface area contributed by atoms with Crippen LogP contribution in [0.1, 0.15) is 89.9 Å². The summed E-state index contributed by atoms with van der Waals surface area (Å²) in [6.07, 6.45) is 3.25. The van der Waals surface area contributed by atoms with Crippen LogP contribution in [0.15, 0.2) is 60.9 Å². The Hall–Kier alpha value is -3.88. The molecule has 0 atom stereocenters. The van der Waals surface area contributed by atoms with Crippen LogP contribution in [0.4, 0.5) is 28.6 Å². The summed E-state index contributed by atoms with van der Waals surface area (Å²) in [4.78, 5) is 13.0. The number of rotatable bonds is 9. The third-order valence-corrected chi connectivity index (χ3v) is 7.61. The van der Waals surface area contributed by atoms with Crippen molar-refractivity contribution in [2.75, 3.05) is 34.0 Å². The largest absolute Gasteiger partial charge is 4.00 e. The molecule has 1 N–H and O–H groups in total. The molecule has 0 radical (unpaired) electrons. The molecular weight excluding hydrogens is 738 g/mol. The maximum atomic E-state index is 8.28. The van der Waals surface area contributed by atoms with E-state index in [-0.39, 0.29) is 32.9 Å². The first-order valence-electron chi connectivity index (χ1n) is 17.6. The number of nitrogens with zero attached hydrogens (tertiary/aromatic N) is 6. The van der Waals surface area contributed by atoms with Gasteiger partial charge >= 0.3 is 21.1 Å². The van der Waals surface area contributed by atoms with Gasteiger partial charge in [0.05, 0.1) is 5.69 Å². The SMILES string of the molecule is [2H]C([2H])([2H])N([CH-]Nc1[c-]c(N2[CH-]N(C([2H])([2H])[2H])c3cccnc32)cc(-c2c(C(C)C)cc(C(C)C)cc2C(C)C)c1)c1cccnc1C.[C-]#N.[Pt+4]. The van der Waals surface area contributed by atoms with Gasteiger partial charge in [-0.1, -0.05) is 53.7 Å². The molecule has 2 aromatic heterocycles. The van der Waals surface area contributed by atoms with Crippen molar-refractivity contribution in [1.82, 2.24) is 9.97 Å². The molecule has 236 valence electrons. The van der Waals surface area contributed by atoms with Crippen molar-refractivity contribution in [2.24, 2.45) is 0 Å². The number of anilines is 5. The number of fused-ring (bicyclic) bond motifs is 1. The molecule has 1 aliphatic rings. The Morgan fingerprint density at radius 1 is 0.978 bits per heavy atom. The predicted molar refractivity (Wildman–Crippen MR) is 182 cm³/mol. The summed E-state index contributed by atoms with van der Waals surface area (Å²) in [6, 6.07) is 18.8. The quantitative estimate of drug-likeness (QED) is 0.170. The maximum Gasteiger partial charge on any atom is 4.00 e. The average molecular weight is 787 g/mol. The smallest absolute Gasteiger partial charge is 0.536 e. The Labute approximate surface area is 293 Å². The molecule has 0 spiro atoms. The molecule has 0 saturated heterocycles. The minimum absolute atomic E-state index is 0. The van der Waals surface area contributed by atoms with E-state index in [2.05, 4.69) is 75.0 Å². The molecule has 0 fully saturated rings. The van der Waals surface area contributed by atoms with Gasteiger partial charge < -0.3 is 31.9 Å². The maximum absolute atomic E-state index is 8.28. The van der Waals surface area contributed by atoms with Gasteiger partial charge in [-0.3, -0.25) is 4.98 Å². The second-order valence-electron chi connectivity index (χ2n) is 11.7. The molecule has 0 unspecified atom stereocenters. The van der Waals surface area contributed by atoms with Gasteiger partial charge in [-0.25, -0.2) is 4.98 Å². The molecule has 7 nitrogen and oxygen atoms in total. The molecule has 45 heavy (non-hydrogen) atoms. The molecule has 0 aliphatic carbocycles. The third-order valence-electron chi connectivity index (χ3n) is 7.61. The van der Waals surface area contributed by atoms with Crippen LogP contribution in [0.5, 0.6) is 0 Å². The van der Waals surface area contributed by atoms with E-state index in [0.717, 1.165) is 11.1 Å². The Morgan fingerprint density at radius 3 is 2.24 bits per heavy atom. The molecule has 3 heterocycles. The van der Waals surface area contributed by atoms with Gasteiger partial charge in [-0.2, -0.15) is 13.3 Å². The fraction of sp³-hybridized carbons (Fsp3) is 0.324. The van der Waals surface area contributed by atoms with Crippen molar-refractivity contribution in [3.05, 3.63) is 109 Å². The van der Waals surface area contributed by atoms with Crippen molar-refractivity contribution < 1.29 is 29.3 Å². The van der Waals surface area contributed by atoms with E-state index >= 15 is 0 Å². The van der Waals surface area contributed by atoms with Crippen molar-refractivity contribution >= 4 is 28.6 Å². The van der Waals surface area contributed by atoms with E-state index in [1.807, 2.05) is 12.1 Å². The number of hydrogen-bond donors (Lipinski definition) is 1. The third kappa shape index (κ3) is 7.68. The standard InChI is InChI=1S/C36H43N6.CN.Pt/c1-23(2)27-18-31(24(3)4)35(32(19-27)25(5)6)28-16-29(39-21-40(8)33-12-10-14-37-26(33)7)20-30(17-28)42-22-41(9)34-13-11-15-38-36(34)42;1-2;/h10-19,21-25,39H,1-9H3;;/q-3;-1;+4/i8D3,9D3;;. The van der Waals surface area contributed by atoms with Crippen LogP contribution < -0.4 is 20.0 Å². The van der Waals surface area contributed by atoms with Gasteiger partial charge in [0.2, 0.25) is 0 Å². The summed E-state index contributed by atoms with van der Waals surface area (Å²) >= 11 is 0. The number of aryl methyl sites for hydroxylation is 1. The second-order valence-corrected chi connectivity index (χ2v) is 11.7. The van der Waals surface area contributed by atoms with Crippen LogP contribution >= 0.6 is 0 Å². The molecule has 0 saturated carbocycles. The number of benzene rings is 2. The zero-order valence-electron chi connectivity index (χ0n) is 32.7. The molecule has 0 amide bonds. The Morgan fingerprint density at radius 2 is 1.64 bits per heavy atom.